The highest BCUT2D eigenvalue weighted by atomic mass is 16.8. The van der Waals surface area contributed by atoms with Gasteiger partial charge in [0.25, 0.3) is 0 Å². The van der Waals surface area contributed by atoms with E-state index in [9.17, 15) is 39.9 Å². The van der Waals surface area contributed by atoms with Crippen LogP contribution in [0.5, 0.6) is 0 Å². The predicted molar refractivity (Wildman–Crippen MR) is 173 cm³/mol. The van der Waals surface area contributed by atoms with Crippen molar-refractivity contribution in [3.63, 3.8) is 0 Å². The number of allylic oxidation sites excluding steroid dienone is 2. The summed E-state index contributed by atoms with van der Waals surface area (Å²) in [6, 6.07) is 0. The Morgan fingerprint density at radius 2 is 1.14 bits per heavy atom. The molecule has 284 valence electrons. The Bertz CT molecular complexity index is 993. The van der Waals surface area contributed by atoms with E-state index in [1.807, 2.05) is 6.92 Å². The fourth-order valence-electron chi connectivity index (χ4n) is 5.67. The smallest absolute Gasteiger partial charge is 0.303 e. The second-order valence-electron chi connectivity index (χ2n) is 12.9. The molecule has 49 heavy (non-hydrogen) atoms. The van der Waals surface area contributed by atoms with Crippen LogP contribution in [0, 0.1) is 0 Å². The highest BCUT2D eigenvalue weighted by molar-refractivity contribution is 5.66. The Labute approximate surface area is 288 Å². The number of carbonyl (C=O) groups is 3. The van der Waals surface area contributed by atoms with Gasteiger partial charge in [0.1, 0.15) is 62.0 Å². The van der Waals surface area contributed by atoms with Crippen molar-refractivity contribution in [2.75, 3.05) is 13.2 Å². The Morgan fingerprint density at radius 3 is 1.69 bits per heavy atom. The van der Waals surface area contributed by atoms with E-state index >= 15 is 0 Å². The lowest BCUT2D eigenvalue weighted by Crippen LogP contribution is -2.65. The molecule has 2 aliphatic rings. The van der Waals surface area contributed by atoms with E-state index in [1.54, 1.807) is 0 Å². The third-order valence-corrected chi connectivity index (χ3v) is 8.53. The molecule has 0 aliphatic carbocycles. The molecule has 0 bridgehead atoms. The first-order valence-corrected chi connectivity index (χ1v) is 17.5. The number of hydrogen-bond donors (Lipinski definition) is 6. The minimum Gasteiger partial charge on any atom is -0.481 e. The molecule has 2 rings (SSSR count). The SMILES string of the molecule is CC(=O)OC[C@H]1OC(O[C@H]2C(OC(C)CCCCCC/C=C\CCCCCCCC(=O)O)O[C@H](COC(C)=O)[C@@H](O)[C@@H]2O)[C@H](O)[C@@H](O)[C@@H]1O. The van der Waals surface area contributed by atoms with E-state index < -0.39 is 92.0 Å². The van der Waals surface area contributed by atoms with Crippen molar-refractivity contribution in [1.29, 1.82) is 0 Å². The van der Waals surface area contributed by atoms with Gasteiger partial charge in [-0.1, -0.05) is 50.7 Å². The van der Waals surface area contributed by atoms with Crippen LogP contribution in [0.4, 0.5) is 0 Å². The standard InChI is InChI=1S/C34H58O15/c1-21(17-15-13-11-9-7-5-4-6-8-10-12-14-16-18-26(37)38)46-34-32(30(42)28(40)25(48-34)20-45-23(3)36)49-33-31(43)29(41)27(39)24(47-33)19-44-22(2)35/h4-5,21,24-25,27-34,39-43H,6-20H2,1-3H3,(H,37,38)/b5-4-/t21?,24-,25-,27-,28-,29+,30+,31-,32-,33?,34?/m1/s1. The van der Waals surface area contributed by atoms with Gasteiger partial charge in [0.2, 0.25) is 0 Å². The molecular formula is C34H58O15. The van der Waals surface area contributed by atoms with Crippen molar-refractivity contribution in [2.24, 2.45) is 0 Å². The zero-order valence-corrected chi connectivity index (χ0v) is 29.0. The Hall–Kier alpha value is -2.21. The monoisotopic (exact) mass is 706 g/mol. The van der Waals surface area contributed by atoms with Gasteiger partial charge in [0.05, 0.1) is 6.10 Å². The molecule has 0 aromatic carbocycles. The zero-order valence-electron chi connectivity index (χ0n) is 29.0. The number of rotatable bonds is 23. The molecule has 3 unspecified atom stereocenters. The van der Waals surface area contributed by atoms with Gasteiger partial charge in [-0.2, -0.15) is 0 Å². The van der Waals surface area contributed by atoms with Gasteiger partial charge >= 0.3 is 17.9 Å². The highest BCUT2D eigenvalue weighted by Crippen LogP contribution is 2.31. The first kappa shape index (κ1) is 43.0. The van der Waals surface area contributed by atoms with E-state index in [0.717, 1.165) is 77.6 Å². The molecule has 2 heterocycles. The summed E-state index contributed by atoms with van der Waals surface area (Å²) in [6.45, 7) is 3.35. The fourth-order valence-corrected chi connectivity index (χ4v) is 5.67. The fraction of sp³-hybridized carbons (Fsp3) is 0.853. The number of carbonyl (C=O) groups excluding carboxylic acids is 2. The van der Waals surface area contributed by atoms with Crippen molar-refractivity contribution in [2.45, 2.75) is 172 Å². The summed E-state index contributed by atoms with van der Waals surface area (Å²) in [5, 5.41) is 61.7. The van der Waals surface area contributed by atoms with Crippen LogP contribution in [0.25, 0.3) is 0 Å². The lowest BCUT2D eigenvalue weighted by atomic mass is 9.97. The van der Waals surface area contributed by atoms with Gasteiger partial charge in [0, 0.05) is 20.3 Å². The summed E-state index contributed by atoms with van der Waals surface area (Å²) in [5.74, 6) is -2.00. The maximum atomic E-state index is 11.4. The lowest BCUT2D eigenvalue weighted by molar-refractivity contribution is -0.371. The summed E-state index contributed by atoms with van der Waals surface area (Å²) in [5.41, 5.74) is 0. The van der Waals surface area contributed by atoms with Gasteiger partial charge in [-0.3, -0.25) is 14.4 Å². The van der Waals surface area contributed by atoms with Crippen molar-refractivity contribution in [3.05, 3.63) is 12.2 Å². The van der Waals surface area contributed by atoms with Crippen LogP contribution in [0.3, 0.4) is 0 Å². The third-order valence-electron chi connectivity index (χ3n) is 8.53. The molecule has 11 atom stereocenters. The van der Waals surface area contributed by atoms with E-state index in [2.05, 4.69) is 12.2 Å². The topological polar surface area (TPSA) is 228 Å². The number of aliphatic carboxylic acids is 1. The second-order valence-corrected chi connectivity index (χ2v) is 12.9. The van der Waals surface area contributed by atoms with Crippen LogP contribution < -0.4 is 0 Å². The number of ether oxygens (including phenoxy) is 6. The average Bonchev–Trinajstić information content (AvgIpc) is 3.04. The first-order valence-electron chi connectivity index (χ1n) is 17.5. The third kappa shape index (κ3) is 16.1. The van der Waals surface area contributed by atoms with Crippen LogP contribution >= 0.6 is 0 Å². The molecule has 15 heteroatoms. The van der Waals surface area contributed by atoms with Crippen molar-refractivity contribution in [1.82, 2.24) is 0 Å². The number of carboxylic acid groups (broad SMARTS) is 1. The number of unbranched alkanes of at least 4 members (excludes halogenated alkanes) is 9. The van der Waals surface area contributed by atoms with Crippen molar-refractivity contribution in [3.8, 4) is 0 Å². The van der Waals surface area contributed by atoms with Gasteiger partial charge in [-0.25, -0.2) is 0 Å². The minimum atomic E-state index is -1.78. The Morgan fingerprint density at radius 1 is 0.653 bits per heavy atom. The predicted octanol–water partition coefficient (Wildman–Crippen LogP) is 1.87. The van der Waals surface area contributed by atoms with Crippen LogP contribution in [-0.2, 0) is 42.8 Å². The van der Waals surface area contributed by atoms with Crippen LogP contribution in [0.15, 0.2) is 12.2 Å². The zero-order chi connectivity index (χ0) is 36.3. The molecule has 2 aliphatic heterocycles. The van der Waals surface area contributed by atoms with Crippen molar-refractivity contribution < 1.29 is 73.4 Å². The second kappa shape index (κ2) is 23.3. The maximum Gasteiger partial charge on any atom is 0.303 e. The largest absolute Gasteiger partial charge is 0.481 e. The van der Waals surface area contributed by atoms with E-state index in [-0.39, 0.29) is 13.0 Å². The summed E-state index contributed by atoms with van der Waals surface area (Å²) in [4.78, 5) is 33.2. The number of aliphatic hydroxyl groups excluding tert-OH is 5. The van der Waals surface area contributed by atoms with Gasteiger partial charge in [-0.15, -0.1) is 0 Å². The minimum absolute atomic E-state index is 0.245. The number of esters is 2. The molecular weight excluding hydrogens is 648 g/mol. The van der Waals surface area contributed by atoms with Crippen LogP contribution in [0.2, 0.25) is 0 Å². The Kier molecular flexibility index (Phi) is 20.4. The van der Waals surface area contributed by atoms with Gasteiger partial charge < -0.3 is 59.1 Å². The molecule has 15 nitrogen and oxygen atoms in total. The molecule has 0 amide bonds. The highest BCUT2D eigenvalue weighted by Gasteiger charge is 2.51. The Balaban J connectivity index is 1.85. The van der Waals surface area contributed by atoms with Gasteiger partial charge in [-0.05, 0) is 45.4 Å². The molecule has 0 aromatic rings. The van der Waals surface area contributed by atoms with Crippen molar-refractivity contribution >= 4 is 17.9 Å². The number of aliphatic hydroxyl groups is 5. The molecule has 2 fully saturated rings. The molecule has 0 aromatic heterocycles. The van der Waals surface area contributed by atoms with E-state index in [1.165, 1.54) is 6.92 Å². The van der Waals surface area contributed by atoms with Gasteiger partial charge in [0.15, 0.2) is 12.6 Å². The van der Waals surface area contributed by atoms with E-state index in [4.69, 9.17) is 33.5 Å². The first-order chi connectivity index (χ1) is 23.3. The average molecular weight is 707 g/mol. The molecule has 0 spiro atoms. The molecule has 2 saturated heterocycles. The molecule has 0 saturated carbocycles. The lowest BCUT2D eigenvalue weighted by Gasteiger charge is -2.46. The summed E-state index contributed by atoms with van der Waals surface area (Å²) in [6.07, 6.45) is 0.603. The summed E-state index contributed by atoms with van der Waals surface area (Å²) >= 11 is 0. The normalized spacial score (nSPS) is 31.0. The van der Waals surface area contributed by atoms with Crippen LogP contribution in [0.1, 0.15) is 104 Å². The maximum absolute atomic E-state index is 11.4. The summed E-state index contributed by atoms with van der Waals surface area (Å²) < 4.78 is 33.3. The number of hydrogen-bond acceptors (Lipinski definition) is 14. The molecule has 6 N–H and O–H groups in total. The van der Waals surface area contributed by atoms with Crippen LogP contribution in [-0.4, -0.2) is 129 Å². The van der Waals surface area contributed by atoms with E-state index in [0.29, 0.717) is 6.42 Å². The molecule has 0 radical (unpaired) electrons. The quantitative estimate of drug-likeness (QED) is 0.0506. The number of carboxylic acids is 1. The summed E-state index contributed by atoms with van der Waals surface area (Å²) in [7, 11) is 0.